The highest BCUT2D eigenvalue weighted by atomic mass is 35.5. The third-order valence-electron chi connectivity index (χ3n) is 5.18. The molecule has 0 spiro atoms. The standard InChI is InChI=1S/C23H19ClN2O5S2/c1-14-18(13-21(27)25-33(29,30)22-4-3-11-32-22)19-12-17(31-2)9-10-20(19)26(14)23(28)15-5-7-16(24)8-6-15/h3-12H,13H2,1-2H3,(H,25,27). The molecule has 0 aliphatic heterocycles. The summed E-state index contributed by atoms with van der Waals surface area (Å²) in [6.07, 6.45) is -0.235. The van der Waals surface area contributed by atoms with E-state index in [0.29, 0.717) is 38.5 Å². The maximum atomic E-state index is 13.3. The van der Waals surface area contributed by atoms with E-state index in [2.05, 4.69) is 4.72 Å². The van der Waals surface area contributed by atoms with Crippen LogP contribution < -0.4 is 9.46 Å². The molecule has 0 aliphatic rings. The highest BCUT2D eigenvalue weighted by molar-refractivity contribution is 7.92. The number of rotatable bonds is 6. The van der Waals surface area contributed by atoms with Gasteiger partial charge in [0.1, 0.15) is 9.96 Å². The van der Waals surface area contributed by atoms with Gasteiger partial charge in [0.05, 0.1) is 19.0 Å². The van der Waals surface area contributed by atoms with E-state index in [1.165, 1.54) is 17.7 Å². The fourth-order valence-corrected chi connectivity index (χ4v) is 5.71. The van der Waals surface area contributed by atoms with Crippen molar-refractivity contribution in [1.82, 2.24) is 9.29 Å². The zero-order valence-corrected chi connectivity index (χ0v) is 20.1. The van der Waals surface area contributed by atoms with Crippen molar-refractivity contribution < 1.29 is 22.7 Å². The second kappa shape index (κ2) is 9.01. The molecule has 0 radical (unpaired) electrons. The van der Waals surface area contributed by atoms with Crippen molar-refractivity contribution in [2.45, 2.75) is 17.6 Å². The van der Waals surface area contributed by atoms with Crippen molar-refractivity contribution >= 4 is 55.7 Å². The molecule has 4 rings (SSSR count). The first-order valence-corrected chi connectivity index (χ1v) is 12.5. The fraction of sp³-hybridized carbons (Fsp3) is 0.130. The van der Waals surface area contributed by atoms with Gasteiger partial charge in [0.2, 0.25) is 5.91 Å². The Balaban J connectivity index is 1.76. The highest BCUT2D eigenvalue weighted by Crippen LogP contribution is 2.31. The molecule has 1 N–H and O–H groups in total. The molecule has 2 heterocycles. The first kappa shape index (κ1) is 23.0. The first-order valence-electron chi connectivity index (χ1n) is 9.78. The van der Waals surface area contributed by atoms with Crippen molar-refractivity contribution in [3.8, 4) is 5.75 Å². The van der Waals surface area contributed by atoms with Gasteiger partial charge in [-0.15, -0.1) is 11.3 Å². The molecule has 0 atom stereocenters. The Morgan fingerprint density at radius 2 is 1.85 bits per heavy atom. The van der Waals surface area contributed by atoms with Gasteiger partial charge in [0.25, 0.3) is 15.9 Å². The van der Waals surface area contributed by atoms with E-state index in [-0.39, 0.29) is 16.5 Å². The molecule has 10 heteroatoms. The Kier molecular flexibility index (Phi) is 6.29. The average molecular weight is 503 g/mol. The van der Waals surface area contributed by atoms with E-state index < -0.39 is 15.9 Å². The second-order valence-corrected chi connectivity index (χ2v) is 10.5. The molecule has 2 aromatic heterocycles. The van der Waals surface area contributed by atoms with Crippen molar-refractivity contribution in [1.29, 1.82) is 0 Å². The summed E-state index contributed by atoms with van der Waals surface area (Å²) in [5.41, 5.74) is 2.07. The number of halogens is 1. The fourth-order valence-electron chi connectivity index (χ4n) is 3.61. The van der Waals surface area contributed by atoms with Crippen LogP contribution in [0.2, 0.25) is 5.02 Å². The predicted molar refractivity (Wildman–Crippen MR) is 128 cm³/mol. The number of methoxy groups -OCH3 is 1. The van der Waals surface area contributed by atoms with Gasteiger partial charge in [-0.1, -0.05) is 17.7 Å². The monoisotopic (exact) mass is 502 g/mol. The van der Waals surface area contributed by atoms with Crippen molar-refractivity contribution in [3.63, 3.8) is 0 Å². The molecule has 0 saturated heterocycles. The van der Waals surface area contributed by atoms with Crippen molar-refractivity contribution in [3.05, 3.63) is 81.8 Å². The van der Waals surface area contributed by atoms with Gasteiger partial charge >= 0.3 is 0 Å². The van der Waals surface area contributed by atoms with Crippen LogP contribution in [-0.2, 0) is 21.2 Å². The van der Waals surface area contributed by atoms with Crippen LogP contribution in [-0.4, -0.2) is 31.9 Å². The summed E-state index contributed by atoms with van der Waals surface area (Å²) >= 11 is 6.97. The highest BCUT2D eigenvalue weighted by Gasteiger charge is 2.24. The Morgan fingerprint density at radius 3 is 2.48 bits per heavy atom. The number of sulfonamides is 1. The van der Waals surface area contributed by atoms with Gasteiger partial charge in [-0.05, 0) is 66.4 Å². The lowest BCUT2D eigenvalue weighted by atomic mass is 10.1. The molecule has 0 unspecified atom stereocenters. The zero-order valence-electron chi connectivity index (χ0n) is 17.7. The number of ether oxygens (including phenoxy) is 1. The molecule has 33 heavy (non-hydrogen) atoms. The molecule has 0 saturated carbocycles. The number of aromatic nitrogens is 1. The lowest BCUT2D eigenvalue weighted by Gasteiger charge is -2.08. The maximum Gasteiger partial charge on any atom is 0.273 e. The quantitative estimate of drug-likeness (QED) is 0.421. The normalized spacial score (nSPS) is 11.5. The van der Waals surface area contributed by atoms with Gasteiger partial charge in [-0.3, -0.25) is 14.2 Å². The summed E-state index contributed by atoms with van der Waals surface area (Å²) in [5, 5.41) is 2.75. The first-order chi connectivity index (χ1) is 15.7. The number of nitrogens with one attached hydrogen (secondary N) is 1. The lowest BCUT2D eigenvalue weighted by molar-refractivity contribution is -0.118. The minimum Gasteiger partial charge on any atom is -0.497 e. The molecule has 170 valence electrons. The molecule has 0 bridgehead atoms. The number of carbonyl (C=O) groups excluding carboxylic acids is 2. The van der Waals surface area contributed by atoms with Gasteiger partial charge in [-0.2, -0.15) is 0 Å². The smallest absolute Gasteiger partial charge is 0.273 e. The van der Waals surface area contributed by atoms with Gasteiger partial charge in [0, 0.05) is 21.7 Å². The number of fused-ring (bicyclic) bond motifs is 1. The lowest BCUT2D eigenvalue weighted by Crippen LogP contribution is -2.31. The third-order valence-corrected chi connectivity index (χ3v) is 8.20. The molecule has 4 aromatic rings. The topological polar surface area (TPSA) is 94.5 Å². The van der Waals surface area contributed by atoms with Crippen molar-refractivity contribution in [2.75, 3.05) is 7.11 Å². The van der Waals surface area contributed by atoms with E-state index in [1.807, 2.05) is 0 Å². The summed E-state index contributed by atoms with van der Waals surface area (Å²) in [5.74, 6) is -0.448. The predicted octanol–water partition coefficient (Wildman–Crippen LogP) is 4.41. The number of thiophene rings is 1. The van der Waals surface area contributed by atoms with E-state index in [4.69, 9.17) is 16.3 Å². The number of amides is 1. The molecular formula is C23H19ClN2O5S2. The molecule has 1 amide bonds. The van der Waals surface area contributed by atoms with Gasteiger partial charge < -0.3 is 4.74 Å². The minimum atomic E-state index is -3.96. The van der Waals surface area contributed by atoms with E-state index in [0.717, 1.165) is 11.3 Å². The summed E-state index contributed by atoms with van der Waals surface area (Å²) in [6, 6.07) is 14.7. The molecular weight excluding hydrogens is 484 g/mol. The zero-order chi connectivity index (χ0) is 23.8. The Bertz CT molecular complexity index is 1460. The number of nitrogens with zero attached hydrogens (tertiary/aromatic N) is 1. The number of hydrogen-bond acceptors (Lipinski definition) is 6. The number of carbonyl (C=O) groups is 2. The molecule has 0 fully saturated rings. The van der Waals surface area contributed by atoms with Crippen LogP contribution in [0.3, 0.4) is 0 Å². The molecule has 7 nitrogen and oxygen atoms in total. The van der Waals surface area contributed by atoms with Crippen molar-refractivity contribution in [2.24, 2.45) is 0 Å². The number of benzene rings is 2. The SMILES string of the molecule is COc1ccc2c(c1)c(CC(=O)NS(=O)(=O)c1cccs1)c(C)n2C(=O)c1ccc(Cl)cc1. The van der Waals surface area contributed by atoms with Crippen LogP contribution in [0.1, 0.15) is 21.6 Å². The van der Waals surface area contributed by atoms with Crippen LogP contribution in [0.15, 0.2) is 64.2 Å². The third kappa shape index (κ3) is 4.52. The van der Waals surface area contributed by atoms with Crippen LogP contribution >= 0.6 is 22.9 Å². The second-order valence-electron chi connectivity index (χ2n) is 7.23. The van der Waals surface area contributed by atoms with Crippen LogP contribution in [0.5, 0.6) is 5.75 Å². The largest absolute Gasteiger partial charge is 0.497 e. The van der Waals surface area contributed by atoms with E-state index in [9.17, 15) is 18.0 Å². The Hall–Kier alpha value is -3.14. The Labute approximate surface area is 199 Å². The van der Waals surface area contributed by atoms with E-state index >= 15 is 0 Å². The summed E-state index contributed by atoms with van der Waals surface area (Å²) < 4.78 is 33.9. The average Bonchev–Trinajstić information content (AvgIpc) is 3.41. The minimum absolute atomic E-state index is 0.0505. The van der Waals surface area contributed by atoms with Crippen LogP contribution in [0.4, 0.5) is 0 Å². The maximum absolute atomic E-state index is 13.3. The molecule has 2 aromatic carbocycles. The van der Waals surface area contributed by atoms with Gasteiger partial charge in [-0.25, -0.2) is 13.1 Å². The van der Waals surface area contributed by atoms with Gasteiger partial charge in [0.15, 0.2) is 0 Å². The van der Waals surface area contributed by atoms with Crippen LogP contribution in [0.25, 0.3) is 10.9 Å². The Morgan fingerprint density at radius 1 is 1.12 bits per heavy atom. The van der Waals surface area contributed by atoms with E-state index in [1.54, 1.807) is 60.8 Å². The number of hydrogen-bond donors (Lipinski definition) is 1. The summed E-state index contributed by atoms with van der Waals surface area (Å²) in [7, 11) is -2.45. The summed E-state index contributed by atoms with van der Waals surface area (Å²) in [6.45, 7) is 1.72. The van der Waals surface area contributed by atoms with Crippen LogP contribution in [0, 0.1) is 6.92 Å². The molecule has 0 aliphatic carbocycles. The summed E-state index contributed by atoms with van der Waals surface area (Å²) in [4.78, 5) is 26.1.